The number of hydrogen-bond acceptors (Lipinski definition) is 20. The van der Waals surface area contributed by atoms with Crippen LogP contribution in [-0.4, -0.2) is 210 Å². The SMILES string of the molecule is CC(=O)N[C@@H]1[C@@H](O[C@@H]2O[C@H](CO)[C@H](O)[C@H](O[C@H]3O[C@H](CO)[C@H](O)[C@H](O)[C@H]3O)[C@H]2O[C@@H]2O[C@@H](C)[C@@H](O)[C@@H](O)[C@@H]2O)[C@@H](O)[C@@H](CO)O[C@@H]1O. The van der Waals surface area contributed by atoms with Crippen molar-refractivity contribution in [3.8, 4) is 0 Å². The Morgan fingerprint density at radius 3 is 1.57 bits per heavy atom. The molecule has 0 aromatic heterocycles. The molecule has 47 heavy (non-hydrogen) atoms. The molecule has 0 radical (unpaired) electrons. The topological polar surface area (TPSA) is 336 Å². The van der Waals surface area contributed by atoms with Crippen LogP contribution >= 0.6 is 0 Å². The molecule has 4 aliphatic heterocycles. The summed E-state index contributed by atoms with van der Waals surface area (Å²) in [4.78, 5) is 12.0. The molecule has 0 bridgehead atoms. The van der Waals surface area contributed by atoms with Gasteiger partial charge in [-0.2, -0.15) is 0 Å². The molecular formula is C26H45NO20. The van der Waals surface area contributed by atoms with Gasteiger partial charge in [-0.15, -0.1) is 0 Å². The summed E-state index contributed by atoms with van der Waals surface area (Å²) in [5.41, 5.74) is 0. The third kappa shape index (κ3) is 8.04. The average Bonchev–Trinajstić information content (AvgIpc) is 3.04. The second-order valence-electron chi connectivity index (χ2n) is 11.9. The molecule has 4 saturated heterocycles. The number of nitrogens with one attached hydrogen (secondary N) is 1. The molecule has 4 rings (SSSR count). The first-order chi connectivity index (χ1) is 22.1. The van der Waals surface area contributed by atoms with Crippen LogP contribution in [-0.2, 0) is 38.0 Å². The minimum absolute atomic E-state index is 0.703. The zero-order valence-corrected chi connectivity index (χ0v) is 25.3. The summed E-state index contributed by atoms with van der Waals surface area (Å²) < 4.78 is 39.5. The Labute approximate surface area is 267 Å². The number of rotatable bonds is 10. The maximum Gasteiger partial charge on any atom is 0.217 e. The Morgan fingerprint density at radius 1 is 0.553 bits per heavy atom. The highest BCUT2D eigenvalue weighted by molar-refractivity contribution is 5.73. The molecule has 21 nitrogen and oxygen atoms in total. The van der Waals surface area contributed by atoms with Gasteiger partial charge in [0.25, 0.3) is 0 Å². The second-order valence-corrected chi connectivity index (χ2v) is 11.9. The average molecular weight is 692 g/mol. The molecule has 0 aromatic rings. The minimum Gasteiger partial charge on any atom is -0.394 e. The smallest absolute Gasteiger partial charge is 0.217 e. The largest absolute Gasteiger partial charge is 0.394 e. The quantitative estimate of drug-likeness (QED) is 0.101. The Balaban J connectivity index is 1.73. The van der Waals surface area contributed by atoms with Crippen molar-refractivity contribution in [2.75, 3.05) is 19.8 Å². The highest BCUT2D eigenvalue weighted by Crippen LogP contribution is 2.35. The Hall–Kier alpha value is -1.29. The lowest BCUT2D eigenvalue weighted by molar-refractivity contribution is -0.400. The van der Waals surface area contributed by atoms with E-state index in [1.165, 1.54) is 6.92 Å². The van der Waals surface area contributed by atoms with E-state index in [1.54, 1.807) is 0 Å². The maximum absolute atomic E-state index is 12.0. The van der Waals surface area contributed by atoms with E-state index >= 15 is 0 Å². The number of carbonyl (C=O) groups is 1. The van der Waals surface area contributed by atoms with Crippen LogP contribution in [0.2, 0.25) is 0 Å². The molecule has 4 aliphatic rings. The van der Waals surface area contributed by atoms with Crippen molar-refractivity contribution in [2.45, 2.75) is 137 Å². The van der Waals surface area contributed by atoms with E-state index in [2.05, 4.69) is 5.32 Å². The molecule has 0 saturated carbocycles. The van der Waals surface area contributed by atoms with Crippen molar-refractivity contribution in [1.29, 1.82) is 0 Å². The fraction of sp³-hybridized carbons (Fsp3) is 0.962. The van der Waals surface area contributed by atoms with Crippen LogP contribution in [0.25, 0.3) is 0 Å². The molecule has 4 heterocycles. The van der Waals surface area contributed by atoms with E-state index in [0.29, 0.717) is 0 Å². The lowest BCUT2D eigenvalue weighted by Crippen LogP contribution is -2.69. The van der Waals surface area contributed by atoms with Crippen LogP contribution in [0, 0.1) is 0 Å². The zero-order valence-electron chi connectivity index (χ0n) is 25.3. The summed E-state index contributed by atoms with van der Waals surface area (Å²) in [6, 6.07) is -1.52. The summed E-state index contributed by atoms with van der Waals surface area (Å²) in [6.07, 6.45) is -33.2. The molecular weight excluding hydrogens is 646 g/mol. The lowest BCUT2D eigenvalue weighted by atomic mass is 9.94. The fourth-order valence-electron chi connectivity index (χ4n) is 5.86. The molecule has 13 N–H and O–H groups in total. The van der Waals surface area contributed by atoms with Crippen LogP contribution in [0.15, 0.2) is 0 Å². The van der Waals surface area contributed by atoms with Gasteiger partial charge in [0, 0.05) is 6.92 Å². The molecule has 4 fully saturated rings. The van der Waals surface area contributed by atoms with Crippen molar-refractivity contribution in [3.05, 3.63) is 0 Å². The van der Waals surface area contributed by atoms with E-state index in [9.17, 15) is 66.1 Å². The first-order valence-corrected chi connectivity index (χ1v) is 15.0. The number of aliphatic hydroxyl groups excluding tert-OH is 12. The van der Waals surface area contributed by atoms with E-state index in [1.807, 2.05) is 0 Å². The van der Waals surface area contributed by atoms with Gasteiger partial charge in [0.05, 0.1) is 25.9 Å². The maximum atomic E-state index is 12.0. The van der Waals surface area contributed by atoms with Crippen molar-refractivity contribution in [1.82, 2.24) is 5.32 Å². The second kappa shape index (κ2) is 16.2. The zero-order chi connectivity index (χ0) is 34.9. The first-order valence-electron chi connectivity index (χ1n) is 15.0. The standard InChI is InChI=1S/C26H45NO20/c1-6-12(32)16(36)18(38)24(41-6)47-22-21(46-25-19(39)17(37)13(33)8(3-28)43-25)15(35)10(5-30)44-26(22)45-20-11(27-7(2)31)23(40)42-9(4-29)14(20)34/h6,8-26,28-30,32-40H,3-5H2,1-2H3,(H,27,31)/t6-,8+,9+,10+,11+,12+,13-,14-,15-,16+,17-,18-,19+,20+,21-,22+,23-,24-,25+,26-/m0/s1. The molecule has 0 unspecified atom stereocenters. The van der Waals surface area contributed by atoms with Crippen LogP contribution in [0.4, 0.5) is 0 Å². The molecule has 20 atom stereocenters. The van der Waals surface area contributed by atoms with Gasteiger partial charge in [-0.1, -0.05) is 0 Å². The van der Waals surface area contributed by atoms with Crippen LogP contribution < -0.4 is 5.32 Å². The summed E-state index contributed by atoms with van der Waals surface area (Å²) in [7, 11) is 0. The van der Waals surface area contributed by atoms with E-state index in [0.717, 1.165) is 6.92 Å². The van der Waals surface area contributed by atoms with Gasteiger partial charge in [0.1, 0.15) is 91.5 Å². The van der Waals surface area contributed by atoms with E-state index in [-0.39, 0.29) is 0 Å². The predicted molar refractivity (Wildman–Crippen MR) is 144 cm³/mol. The van der Waals surface area contributed by atoms with Crippen LogP contribution in [0.3, 0.4) is 0 Å². The molecule has 21 heteroatoms. The van der Waals surface area contributed by atoms with Crippen molar-refractivity contribution < 1.29 is 99.2 Å². The number of ether oxygens (including phenoxy) is 7. The Bertz CT molecular complexity index is 1010. The molecule has 1 amide bonds. The number of carbonyl (C=O) groups excluding carboxylic acids is 1. The number of aliphatic hydroxyl groups is 12. The highest BCUT2D eigenvalue weighted by Gasteiger charge is 2.56. The molecule has 0 aliphatic carbocycles. The van der Waals surface area contributed by atoms with Gasteiger partial charge in [-0.3, -0.25) is 4.79 Å². The Morgan fingerprint density at radius 2 is 1.00 bits per heavy atom. The van der Waals surface area contributed by atoms with E-state index in [4.69, 9.17) is 33.2 Å². The van der Waals surface area contributed by atoms with Crippen molar-refractivity contribution in [3.63, 3.8) is 0 Å². The van der Waals surface area contributed by atoms with Crippen molar-refractivity contribution in [2.24, 2.45) is 0 Å². The minimum atomic E-state index is -1.99. The third-order valence-electron chi connectivity index (χ3n) is 8.57. The van der Waals surface area contributed by atoms with Crippen LogP contribution in [0.1, 0.15) is 13.8 Å². The van der Waals surface area contributed by atoms with E-state index < -0.39 is 148 Å². The summed E-state index contributed by atoms with van der Waals surface area (Å²) >= 11 is 0. The van der Waals surface area contributed by atoms with Gasteiger partial charge in [0.2, 0.25) is 5.91 Å². The van der Waals surface area contributed by atoms with Gasteiger partial charge in [-0.25, -0.2) is 0 Å². The highest BCUT2D eigenvalue weighted by atomic mass is 16.8. The number of amides is 1. The first kappa shape index (κ1) is 38.5. The molecule has 0 spiro atoms. The predicted octanol–water partition coefficient (Wildman–Crippen LogP) is -8.58. The van der Waals surface area contributed by atoms with Gasteiger partial charge in [-0.05, 0) is 6.92 Å². The van der Waals surface area contributed by atoms with Crippen molar-refractivity contribution >= 4 is 5.91 Å². The van der Waals surface area contributed by atoms with Gasteiger partial charge >= 0.3 is 0 Å². The van der Waals surface area contributed by atoms with Crippen LogP contribution in [0.5, 0.6) is 0 Å². The third-order valence-corrected chi connectivity index (χ3v) is 8.57. The summed E-state index contributed by atoms with van der Waals surface area (Å²) in [6.45, 7) is -0.153. The number of hydrogen-bond donors (Lipinski definition) is 13. The van der Waals surface area contributed by atoms with Gasteiger partial charge < -0.3 is 99.8 Å². The summed E-state index contributed by atoms with van der Waals surface area (Å²) in [5.74, 6) is -0.703. The Kier molecular flexibility index (Phi) is 13.2. The normalized spacial score (nSPS) is 51.0. The fourth-order valence-corrected chi connectivity index (χ4v) is 5.86. The molecule has 0 aromatic carbocycles. The van der Waals surface area contributed by atoms with Gasteiger partial charge in [0.15, 0.2) is 25.2 Å². The molecule has 274 valence electrons. The monoisotopic (exact) mass is 691 g/mol. The lowest BCUT2D eigenvalue weighted by Gasteiger charge is -2.50. The summed E-state index contributed by atoms with van der Waals surface area (Å²) in [5, 5.41) is 127.